The molecule has 0 aromatic heterocycles. The van der Waals surface area contributed by atoms with E-state index in [0.29, 0.717) is 5.41 Å². The predicted octanol–water partition coefficient (Wildman–Crippen LogP) is 2.89. The highest BCUT2D eigenvalue weighted by Crippen LogP contribution is 2.38. The van der Waals surface area contributed by atoms with Crippen molar-refractivity contribution in [1.29, 1.82) is 0 Å². The van der Waals surface area contributed by atoms with Gasteiger partial charge in [0.25, 0.3) is 0 Å². The molecule has 2 rings (SSSR count). The highest BCUT2D eigenvalue weighted by Gasteiger charge is 2.42. The van der Waals surface area contributed by atoms with Gasteiger partial charge in [-0.3, -0.25) is 4.99 Å². The van der Waals surface area contributed by atoms with E-state index in [1.54, 1.807) is 0 Å². The summed E-state index contributed by atoms with van der Waals surface area (Å²) in [4.78, 5) is 7.19. The number of hydrogen-bond acceptors (Lipinski definition) is 3. The van der Waals surface area contributed by atoms with Gasteiger partial charge in [-0.25, -0.2) is 0 Å². The van der Waals surface area contributed by atoms with Crippen LogP contribution in [0.2, 0.25) is 0 Å². The van der Waals surface area contributed by atoms with Crippen LogP contribution in [0.5, 0.6) is 0 Å². The molecule has 0 saturated carbocycles. The highest BCUT2D eigenvalue weighted by molar-refractivity contribution is 14.0. The van der Waals surface area contributed by atoms with Crippen LogP contribution in [0.3, 0.4) is 0 Å². The molecule has 2 heterocycles. The maximum atomic E-state index is 5.61. The van der Waals surface area contributed by atoms with E-state index in [1.165, 1.54) is 19.3 Å². The molecule has 23 heavy (non-hydrogen) atoms. The Morgan fingerprint density at radius 2 is 2.09 bits per heavy atom. The molecule has 0 bridgehead atoms. The molecular formula is C17H34IN3O2. The third-order valence-corrected chi connectivity index (χ3v) is 4.61. The SMILES string of the molecule is CCCCOCCCN=C(NCC)N1CCC2(CCOC2)C1.I. The van der Waals surface area contributed by atoms with Crippen molar-refractivity contribution in [2.45, 2.75) is 46.0 Å². The van der Waals surface area contributed by atoms with Gasteiger partial charge >= 0.3 is 0 Å². The number of aliphatic imine (C=N–C) groups is 1. The van der Waals surface area contributed by atoms with Gasteiger partial charge in [-0.15, -0.1) is 24.0 Å². The first kappa shape index (κ1) is 21.0. The average molecular weight is 439 g/mol. The fourth-order valence-electron chi connectivity index (χ4n) is 3.21. The second kappa shape index (κ2) is 11.5. The van der Waals surface area contributed by atoms with Crippen LogP contribution in [-0.2, 0) is 9.47 Å². The summed E-state index contributed by atoms with van der Waals surface area (Å²) in [7, 11) is 0. The van der Waals surface area contributed by atoms with E-state index in [1.807, 2.05) is 0 Å². The molecule has 1 spiro atoms. The summed E-state index contributed by atoms with van der Waals surface area (Å²) in [5.74, 6) is 1.07. The Morgan fingerprint density at radius 1 is 1.26 bits per heavy atom. The maximum absolute atomic E-state index is 5.61. The van der Waals surface area contributed by atoms with Gasteiger partial charge in [0.2, 0.25) is 0 Å². The first-order chi connectivity index (χ1) is 10.8. The molecule has 0 aromatic rings. The third-order valence-electron chi connectivity index (χ3n) is 4.61. The Bertz CT molecular complexity index is 347. The molecular weight excluding hydrogens is 405 g/mol. The van der Waals surface area contributed by atoms with Crippen molar-refractivity contribution in [1.82, 2.24) is 10.2 Å². The van der Waals surface area contributed by atoms with E-state index in [-0.39, 0.29) is 24.0 Å². The van der Waals surface area contributed by atoms with Gasteiger partial charge in [0, 0.05) is 51.4 Å². The highest BCUT2D eigenvalue weighted by atomic mass is 127. The Labute approximate surface area is 158 Å². The lowest BCUT2D eigenvalue weighted by Gasteiger charge is -2.25. The zero-order chi connectivity index (χ0) is 15.7. The lowest BCUT2D eigenvalue weighted by Crippen LogP contribution is -2.41. The van der Waals surface area contributed by atoms with Gasteiger partial charge < -0.3 is 19.7 Å². The van der Waals surface area contributed by atoms with Gasteiger partial charge in [0.05, 0.1) is 6.61 Å². The van der Waals surface area contributed by atoms with Crippen LogP contribution >= 0.6 is 24.0 Å². The lowest BCUT2D eigenvalue weighted by atomic mass is 9.87. The van der Waals surface area contributed by atoms with Crippen molar-refractivity contribution in [2.75, 3.05) is 52.6 Å². The van der Waals surface area contributed by atoms with Crippen LogP contribution in [0.25, 0.3) is 0 Å². The molecule has 6 heteroatoms. The molecule has 1 unspecified atom stereocenters. The van der Waals surface area contributed by atoms with E-state index in [2.05, 4.69) is 24.1 Å². The lowest BCUT2D eigenvalue weighted by molar-refractivity contribution is 0.130. The molecule has 0 aliphatic carbocycles. The molecule has 2 aliphatic rings. The Hall–Kier alpha value is -0.0800. The minimum atomic E-state index is 0. The monoisotopic (exact) mass is 439 g/mol. The zero-order valence-corrected chi connectivity index (χ0v) is 17.1. The third kappa shape index (κ3) is 6.74. The smallest absolute Gasteiger partial charge is 0.193 e. The van der Waals surface area contributed by atoms with Crippen LogP contribution < -0.4 is 5.32 Å². The van der Waals surface area contributed by atoms with Crippen molar-refractivity contribution in [3.05, 3.63) is 0 Å². The normalized spacial score (nSPS) is 24.3. The first-order valence-corrected chi connectivity index (χ1v) is 8.98. The van der Waals surface area contributed by atoms with Gasteiger partial charge in [0.15, 0.2) is 5.96 Å². The van der Waals surface area contributed by atoms with E-state index in [0.717, 1.165) is 71.4 Å². The minimum Gasteiger partial charge on any atom is -0.381 e. The van der Waals surface area contributed by atoms with E-state index in [9.17, 15) is 0 Å². The molecule has 0 aromatic carbocycles. The maximum Gasteiger partial charge on any atom is 0.193 e. The summed E-state index contributed by atoms with van der Waals surface area (Å²) in [6.07, 6.45) is 5.79. The van der Waals surface area contributed by atoms with Gasteiger partial charge in [-0.2, -0.15) is 0 Å². The van der Waals surface area contributed by atoms with Gasteiger partial charge in [-0.05, 0) is 32.6 Å². The molecule has 2 fully saturated rings. The van der Waals surface area contributed by atoms with E-state index < -0.39 is 0 Å². The van der Waals surface area contributed by atoms with Crippen LogP contribution in [0.4, 0.5) is 0 Å². The number of hydrogen-bond donors (Lipinski definition) is 1. The summed E-state index contributed by atoms with van der Waals surface area (Å²) in [6.45, 7) is 11.8. The standard InChI is InChI=1S/C17H33N3O2.HI/c1-3-5-11-21-12-6-9-19-16(18-4-2)20-10-7-17(14-20)8-13-22-15-17;/h3-15H2,1-2H3,(H,18,19);1H. The molecule has 136 valence electrons. The number of ether oxygens (including phenoxy) is 2. The number of guanidine groups is 1. The molecule has 1 atom stereocenters. The summed E-state index contributed by atoms with van der Waals surface area (Å²) >= 11 is 0. The summed E-state index contributed by atoms with van der Waals surface area (Å²) < 4.78 is 11.2. The van der Waals surface area contributed by atoms with Crippen LogP contribution in [-0.4, -0.2) is 63.5 Å². The largest absolute Gasteiger partial charge is 0.381 e. The number of nitrogens with one attached hydrogen (secondary N) is 1. The van der Waals surface area contributed by atoms with Crippen molar-refractivity contribution in [3.63, 3.8) is 0 Å². The molecule has 2 saturated heterocycles. The minimum absolute atomic E-state index is 0. The van der Waals surface area contributed by atoms with Gasteiger partial charge in [-0.1, -0.05) is 13.3 Å². The summed E-state index contributed by atoms with van der Waals surface area (Å²) in [5, 5.41) is 3.44. The Morgan fingerprint density at radius 3 is 2.78 bits per heavy atom. The summed E-state index contributed by atoms with van der Waals surface area (Å²) in [5.41, 5.74) is 0.388. The van der Waals surface area contributed by atoms with Crippen molar-refractivity contribution in [2.24, 2.45) is 10.4 Å². The predicted molar refractivity (Wildman–Crippen MR) is 106 cm³/mol. The molecule has 0 radical (unpaired) electrons. The number of unbranched alkanes of at least 4 members (excludes halogenated alkanes) is 1. The second-order valence-corrected chi connectivity index (χ2v) is 6.53. The Balaban J connectivity index is 0.00000264. The molecule has 5 nitrogen and oxygen atoms in total. The first-order valence-electron chi connectivity index (χ1n) is 8.98. The van der Waals surface area contributed by atoms with E-state index >= 15 is 0 Å². The van der Waals surface area contributed by atoms with E-state index in [4.69, 9.17) is 14.5 Å². The van der Waals surface area contributed by atoms with Crippen LogP contribution in [0.1, 0.15) is 46.0 Å². The average Bonchev–Trinajstić information content (AvgIpc) is 3.16. The van der Waals surface area contributed by atoms with Gasteiger partial charge in [0.1, 0.15) is 0 Å². The number of nitrogens with zero attached hydrogens (tertiary/aromatic N) is 2. The number of rotatable bonds is 8. The number of halogens is 1. The second-order valence-electron chi connectivity index (χ2n) is 6.53. The fourth-order valence-corrected chi connectivity index (χ4v) is 3.21. The number of likely N-dealkylation sites (tertiary alicyclic amines) is 1. The van der Waals surface area contributed by atoms with Crippen LogP contribution in [0, 0.1) is 5.41 Å². The van der Waals surface area contributed by atoms with Crippen molar-refractivity contribution < 1.29 is 9.47 Å². The summed E-state index contributed by atoms with van der Waals surface area (Å²) in [6, 6.07) is 0. The molecule has 0 amide bonds. The topological polar surface area (TPSA) is 46.1 Å². The quantitative estimate of drug-likeness (QED) is 0.274. The molecule has 1 N–H and O–H groups in total. The molecule has 2 aliphatic heterocycles. The fraction of sp³-hybridized carbons (Fsp3) is 0.941. The van der Waals surface area contributed by atoms with Crippen molar-refractivity contribution in [3.8, 4) is 0 Å². The van der Waals surface area contributed by atoms with Crippen molar-refractivity contribution >= 4 is 29.9 Å². The van der Waals surface area contributed by atoms with Crippen LogP contribution in [0.15, 0.2) is 4.99 Å². The Kier molecular flexibility index (Phi) is 10.5. The zero-order valence-electron chi connectivity index (χ0n) is 14.8.